The van der Waals surface area contributed by atoms with E-state index >= 15 is 0 Å². The van der Waals surface area contributed by atoms with Gasteiger partial charge < -0.3 is 10.1 Å². The predicted molar refractivity (Wildman–Crippen MR) is 57.4 cm³/mol. The number of nitrogens with zero attached hydrogens (tertiary/aromatic N) is 1. The molecule has 1 saturated heterocycles. The number of methoxy groups -OCH3 is 1. The zero-order valence-corrected chi connectivity index (χ0v) is 9.33. The highest BCUT2D eigenvalue weighted by molar-refractivity contribution is 4.92. The van der Waals surface area contributed by atoms with Crippen LogP contribution in [0.15, 0.2) is 0 Å². The van der Waals surface area contributed by atoms with E-state index < -0.39 is 0 Å². The third-order valence-corrected chi connectivity index (χ3v) is 3.46. The fraction of sp³-hybridized carbons (Fsp3) is 1.00. The molecule has 0 radical (unpaired) electrons. The van der Waals surface area contributed by atoms with E-state index in [1.807, 2.05) is 0 Å². The van der Waals surface area contributed by atoms with Crippen LogP contribution in [0.3, 0.4) is 0 Å². The normalized spacial score (nSPS) is 31.7. The van der Waals surface area contributed by atoms with Crippen LogP contribution in [0, 0.1) is 5.92 Å². The molecule has 14 heavy (non-hydrogen) atoms. The first-order valence-corrected chi connectivity index (χ1v) is 5.77. The van der Waals surface area contributed by atoms with E-state index in [0.29, 0.717) is 6.04 Å². The number of hydrogen-bond donors (Lipinski definition) is 1. The summed E-state index contributed by atoms with van der Waals surface area (Å²) in [6.45, 7) is 6.66. The van der Waals surface area contributed by atoms with Gasteiger partial charge in [-0.25, -0.2) is 0 Å². The van der Waals surface area contributed by atoms with E-state index in [1.54, 1.807) is 7.11 Å². The largest absolute Gasteiger partial charge is 0.383 e. The summed E-state index contributed by atoms with van der Waals surface area (Å²) in [5.41, 5.74) is 0. The molecule has 0 spiro atoms. The minimum atomic E-state index is 0.573. The summed E-state index contributed by atoms with van der Waals surface area (Å²) in [5.74, 6) is 0.965. The lowest BCUT2D eigenvalue weighted by Gasteiger charge is -2.37. The lowest BCUT2D eigenvalue weighted by molar-refractivity contribution is 0.0753. The van der Waals surface area contributed by atoms with Crippen molar-refractivity contribution in [3.8, 4) is 0 Å². The monoisotopic (exact) mass is 198 g/mol. The van der Waals surface area contributed by atoms with Gasteiger partial charge >= 0.3 is 0 Å². The molecule has 0 bridgehead atoms. The van der Waals surface area contributed by atoms with Gasteiger partial charge in [-0.05, 0) is 25.7 Å². The molecule has 1 saturated carbocycles. The first-order chi connectivity index (χ1) is 6.81. The number of rotatable bonds is 4. The summed E-state index contributed by atoms with van der Waals surface area (Å²) < 4.78 is 5.21. The van der Waals surface area contributed by atoms with Crippen molar-refractivity contribution in [2.24, 2.45) is 5.92 Å². The second kappa shape index (κ2) is 4.60. The van der Waals surface area contributed by atoms with Gasteiger partial charge in [0, 0.05) is 38.8 Å². The molecular weight excluding hydrogens is 176 g/mol. The quantitative estimate of drug-likeness (QED) is 0.720. The Labute approximate surface area is 86.8 Å². The predicted octanol–water partition coefficient (Wildman–Crippen LogP) is 0.705. The van der Waals surface area contributed by atoms with Crippen LogP contribution < -0.4 is 5.32 Å². The van der Waals surface area contributed by atoms with Crippen molar-refractivity contribution in [1.82, 2.24) is 10.2 Å². The lowest BCUT2D eigenvalue weighted by Crippen LogP contribution is -2.55. The standard InChI is InChI=1S/C11H22N2O/c1-9(8-14-2)13-6-5-12-11(7-13)10-3-4-10/h9-12H,3-8H2,1-2H3. The highest BCUT2D eigenvalue weighted by Crippen LogP contribution is 2.33. The van der Waals surface area contributed by atoms with Gasteiger partial charge in [0.05, 0.1) is 6.61 Å². The summed E-state index contributed by atoms with van der Waals surface area (Å²) >= 11 is 0. The van der Waals surface area contributed by atoms with Crippen LogP contribution in [-0.2, 0) is 4.74 Å². The van der Waals surface area contributed by atoms with Crippen LogP contribution in [0.2, 0.25) is 0 Å². The summed E-state index contributed by atoms with van der Waals surface area (Å²) in [6.07, 6.45) is 2.87. The molecule has 2 atom stereocenters. The number of nitrogens with one attached hydrogen (secondary N) is 1. The van der Waals surface area contributed by atoms with Gasteiger partial charge in [-0.3, -0.25) is 4.90 Å². The summed E-state index contributed by atoms with van der Waals surface area (Å²) in [7, 11) is 1.79. The lowest BCUT2D eigenvalue weighted by atomic mass is 10.1. The van der Waals surface area contributed by atoms with Crippen molar-refractivity contribution >= 4 is 0 Å². The molecule has 0 aromatic heterocycles. The molecular formula is C11H22N2O. The number of hydrogen-bond acceptors (Lipinski definition) is 3. The van der Waals surface area contributed by atoms with Crippen LogP contribution in [0.4, 0.5) is 0 Å². The van der Waals surface area contributed by atoms with E-state index in [1.165, 1.54) is 25.9 Å². The first kappa shape index (κ1) is 10.4. The topological polar surface area (TPSA) is 24.5 Å². The van der Waals surface area contributed by atoms with Gasteiger partial charge in [-0.2, -0.15) is 0 Å². The number of piperazine rings is 1. The Kier molecular flexibility index (Phi) is 3.42. The van der Waals surface area contributed by atoms with Crippen LogP contribution in [0.25, 0.3) is 0 Å². The van der Waals surface area contributed by atoms with Gasteiger partial charge in [0.2, 0.25) is 0 Å². The SMILES string of the molecule is COCC(C)N1CCNC(C2CC2)C1. The van der Waals surface area contributed by atoms with Crippen LogP contribution in [0.5, 0.6) is 0 Å². The molecule has 3 nitrogen and oxygen atoms in total. The smallest absolute Gasteiger partial charge is 0.0615 e. The molecule has 2 unspecified atom stereocenters. The van der Waals surface area contributed by atoms with E-state index in [-0.39, 0.29) is 0 Å². The Morgan fingerprint density at radius 2 is 2.29 bits per heavy atom. The molecule has 0 aromatic carbocycles. The van der Waals surface area contributed by atoms with Crippen molar-refractivity contribution in [3.63, 3.8) is 0 Å². The zero-order valence-electron chi connectivity index (χ0n) is 9.33. The Balaban J connectivity index is 1.80. The van der Waals surface area contributed by atoms with Crippen molar-refractivity contribution in [3.05, 3.63) is 0 Å². The third kappa shape index (κ3) is 2.47. The molecule has 1 aliphatic carbocycles. The van der Waals surface area contributed by atoms with E-state index in [0.717, 1.165) is 25.1 Å². The molecule has 2 rings (SSSR count). The maximum Gasteiger partial charge on any atom is 0.0615 e. The highest BCUT2D eigenvalue weighted by Gasteiger charge is 2.34. The Morgan fingerprint density at radius 1 is 1.50 bits per heavy atom. The van der Waals surface area contributed by atoms with Gasteiger partial charge in [0.1, 0.15) is 0 Å². The van der Waals surface area contributed by atoms with Gasteiger partial charge in [0.15, 0.2) is 0 Å². The zero-order chi connectivity index (χ0) is 9.97. The Morgan fingerprint density at radius 3 is 2.93 bits per heavy atom. The maximum absolute atomic E-state index is 5.21. The molecule has 0 aromatic rings. The fourth-order valence-corrected chi connectivity index (χ4v) is 2.36. The van der Waals surface area contributed by atoms with Crippen molar-refractivity contribution in [2.75, 3.05) is 33.4 Å². The van der Waals surface area contributed by atoms with E-state index in [9.17, 15) is 0 Å². The molecule has 2 aliphatic rings. The Bertz CT molecular complexity index is 182. The average molecular weight is 198 g/mol. The minimum absolute atomic E-state index is 0.573. The second-order valence-corrected chi connectivity index (χ2v) is 4.70. The van der Waals surface area contributed by atoms with Crippen LogP contribution in [-0.4, -0.2) is 50.3 Å². The van der Waals surface area contributed by atoms with Gasteiger partial charge in [-0.15, -0.1) is 0 Å². The number of ether oxygens (including phenoxy) is 1. The molecule has 1 N–H and O–H groups in total. The maximum atomic E-state index is 5.21. The van der Waals surface area contributed by atoms with E-state index in [2.05, 4.69) is 17.1 Å². The highest BCUT2D eigenvalue weighted by atomic mass is 16.5. The Hall–Kier alpha value is -0.120. The summed E-state index contributed by atoms with van der Waals surface area (Å²) in [6, 6.07) is 1.33. The molecule has 3 heteroatoms. The molecule has 1 heterocycles. The van der Waals surface area contributed by atoms with Crippen LogP contribution in [0.1, 0.15) is 19.8 Å². The van der Waals surface area contributed by atoms with Crippen molar-refractivity contribution in [2.45, 2.75) is 31.8 Å². The third-order valence-electron chi connectivity index (χ3n) is 3.46. The average Bonchev–Trinajstić information content (AvgIpc) is 3.02. The summed E-state index contributed by atoms with van der Waals surface area (Å²) in [4.78, 5) is 2.56. The fourth-order valence-electron chi connectivity index (χ4n) is 2.36. The second-order valence-electron chi connectivity index (χ2n) is 4.70. The molecule has 2 fully saturated rings. The minimum Gasteiger partial charge on any atom is -0.383 e. The molecule has 82 valence electrons. The first-order valence-electron chi connectivity index (χ1n) is 5.77. The van der Waals surface area contributed by atoms with Gasteiger partial charge in [0.25, 0.3) is 0 Å². The summed E-state index contributed by atoms with van der Waals surface area (Å²) in [5, 5.41) is 3.63. The molecule has 0 amide bonds. The van der Waals surface area contributed by atoms with E-state index in [4.69, 9.17) is 4.74 Å². The van der Waals surface area contributed by atoms with Crippen molar-refractivity contribution < 1.29 is 4.74 Å². The molecule has 1 aliphatic heterocycles. The van der Waals surface area contributed by atoms with Gasteiger partial charge in [-0.1, -0.05) is 0 Å². The van der Waals surface area contributed by atoms with Crippen LogP contribution >= 0.6 is 0 Å². The van der Waals surface area contributed by atoms with Crippen molar-refractivity contribution in [1.29, 1.82) is 0 Å².